The maximum atomic E-state index is 12.1. The van der Waals surface area contributed by atoms with Crippen molar-refractivity contribution in [3.8, 4) is 5.75 Å². The maximum absolute atomic E-state index is 12.1. The van der Waals surface area contributed by atoms with Crippen LogP contribution < -0.4 is 4.74 Å². The zero-order valence-electron chi connectivity index (χ0n) is 11.4. The summed E-state index contributed by atoms with van der Waals surface area (Å²) in [6, 6.07) is 7.41. The number of nitrogens with zero attached hydrogens (tertiary/aromatic N) is 1. The molecule has 1 aliphatic heterocycles. The topological polar surface area (TPSA) is 29.5 Å². The van der Waals surface area contributed by atoms with Gasteiger partial charge in [-0.25, -0.2) is 0 Å². The van der Waals surface area contributed by atoms with Gasteiger partial charge in [0.25, 0.3) is 0 Å². The van der Waals surface area contributed by atoms with Crippen LogP contribution in [-0.4, -0.2) is 37.4 Å². The monoisotopic (exact) mass is 283 g/mol. The Hall–Kier alpha value is -1.06. The molecular formula is C15H22ClNO2. The average Bonchev–Trinajstić information content (AvgIpc) is 2.46. The van der Waals surface area contributed by atoms with Crippen LogP contribution in [0, 0.1) is 0 Å². The van der Waals surface area contributed by atoms with E-state index in [-0.39, 0.29) is 18.2 Å². The number of hydrogen-bond donors (Lipinski definition) is 0. The Kier molecular flexibility index (Phi) is 6.89. The first-order valence-electron chi connectivity index (χ1n) is 6.69. The summed E-state index contributed by atoms with van der Waals surface area (Å²) in [4.78, 5) is 14.5. The van der Waals surface area contributed by atoms with Crippen LogP contribution in [-0.2, 0) is 0 Å². The molecule has 1 fully saturated rings. The van der Waals surface area contributed by atoms with Gasteiger partial charge < -0.3 is 9.64 Å². The Bertz CT molecular complexity index is 403. The Morgan fingerprint density at radius 3 is 2.68 bits per heavy atom. The molecule has 0 aromatic heterocycles. The molecule has 2 rings (SSSR count). The number of hydrogen-bond acceptors (Lipinski definition) is 3. The van der Waals surface area contributed by atoms with E-state index in [0.29, 0.717) is 6.42 Å². The number of ether oxygens (including phenoxy) is 1. The lowest BCUT2D eigenvalue weighted by Crippen LogP contribution is -2.31. The molecule has 1 aliphatic rings. The van der Waals surface area contributed by atoms with Gasteiger partial charge in [0.1, 0.15) is 5.75 Å². The standard InChI is InChI=1S/C15H21NO2.ClH/c1-18-14-7-5-6-13(12-14)15(17)8-11-16-9-3-2-4-10-16;/h5-7,12H,2-4,8-11H2,1H3;1H. The summed E-state index contributed by atoms with van der Waals surface area (Å²) in [6.07, 6.45) is 4.48. The Labute approximate surface area is 121 Å². The number of carbonyl (C=O) groups is 1. The number of ketones is 1. The fourth-order valence-electron chi connectivity index (χ4n) is 2.38. The molecule has 0 radical (unpaired) electrons. The second kappa shape index (κ2) is 8.18. The van der Waals surface area contributed by atoms with Crippen LogP contribution in [0.15, 0.2) is 24.3 Å². The number of methoxy groups -OCH3 is 1. The lowest BCUT2D eigenvalue weighted by Gasteiger charge is -2.25. The van der Waals surface area contributed by atoms with Gasteiger partial charge in [-0.05, 0) is 38.1 Å². The minimum absolute atomic E-state index is 0. The van der Waals surface area contributed by atoms with Crippen molar-refractivity contribution in [1.82, 2.24) is 4.90 Å². The van der Waals surface area contributed by atoms with Gasteiger partial charge in [-0.3, -0.25) is 4.79 Å². The molecule has 106 valence electrons. The average molecular weight is 284 g/mol. The lowest BCUT2D eigenvalue weighted by atomic mass is 10.1. The number of piperidine rings is 1. The second-order valence-electron chi connectivity index (χ2n) is 4.81. The van der Waals surface area contributed by atoms with E-state index in [1.807, 2.05) is 24.3 Å². The highest BCUT2D eigenvalue weighted by Gasteiger charge is 2.13. The molecule has 0 saturated carbocycles. The molecule has 19 heavy (non-hydrogen) atoms. The summed E-state index contributed by atoms with van der Waals surface area (Å²) in [7, 11) is 1.62. The lowest BCUT2D eigenvalue weighted by molar-refractivity contribution is 0.0958. The van der Waals surface area contributed by atoms with Crippen molar-refractivity contribution >= 4 is 18.2 Å². The SMILES string of the molecule is COc1cccc(C(=O)CCN2CCCCC2)c1.Cl. The van der Waals surface area contributed by atoms with E-state index in [2.05, 4.69) is 4.90 Å². The molecule has 4 heteroatoms. The van der Waals surface area contributed by atoms with Gasteiger partial charge in [0, 0.05) is 18.5 Å². The molecule has 0 unspecified atom stereocenters. The minimum Gasteiger partial charge on any atom is -0.497 e. The fraction of sp³-hybridized carbons (Fsp3) is 0.533. The van der Waals surface area contributed by atoms with Gasteiger partial charge in [0.05, 0.1) is 7.11 Å². The normalized spacial score (nSPS) is 15.6. The van der Waals surface area contributed by atoms with Gasteiger partial charge in [0.2, 0.25) is 0 Å². The number of rotatable bonds is 5. The quantitative estimate of drug-likeness (QED) is 0.778. The third-order valence-corrected chi connectivity index (χ3v) is 3.50. The molecular weight excluding hydrogens is 262 g/mol. The van der Waals surface area contributed by atoms with Gasteiger partial charge in [-0.1, -0.05) is 18.6 Å². The number of likely N-dealkylation sites (tertiary alicyclic amines) is 1. The summed E-state index contributed by atoms with van der Waals surface area (Å²) in [5.41, 5.74) is 0.756. The van der Waals surface area contributed by atoms with E-state index in [1.165, 1.54) is 19.3 Å². The first-order chi connectivity index (χ1) is 8.79. The van der Waals surface area contributed by atoms with Gasteiger partial charge >= 0.3 is 0 Å². The molecule has 1 aromatic rings. The maximum Gasteiger partial charge on any atom is 0.164 e. The van der Waals surface area contributed by atoms with Gasteiger partial charge in [-0.2, -0.15) is 0 Å². The molecule has 1 saturated heterocycles. The molecule has 0 N–H and O–H groups in total. The van der Waals surface area contributed by atoms with Crippen LogP contribution >= 0.6 is 12.4 Å². The molecule has 0 aliphatic carbocycles. The highest BCUT2D eigenvalue weighted by molar-refractivity contribution is 5.96. The van der Waals surface area contributed by atoms with E-state index < -0.39 is 0 Å². The molecule has 1 aromatic carbocycles. The Balaban J connectivity index is 0.00000180. The predicted octanol–water partition coefficient (Wildman–Crippen LogP) is 3.18. The van der Waals surface area contributed by atoms with E-state index >= 15 is 0 Å². The number of Topliss-reactive ketones (excluding diaryl/α,β-unsaturated/α-hetero) is 1. The Morgan fingerprint density at radius 2 is 2.00 bits per heavy atom. The van der Waals surface area contributed by atoms with Crippen molar-refractivity contribution in [3.63, 3.8) is 0 Å². The predicted molar refractivity (Wildman–Crippen MR) is 79.5 cm³/mol. The highest BCUT2D eigenvalue weighted by atomic mass is 35.5. The number of carbonyl (C=O) groups excluding carboxylic acids is 1. The largest absolute Gasteiger partial charge is 0.497 e. The van der Waals surface area contributed by atoms with Crippen molar-refractivity contribution in [2.45, 2.75) is 25.7 Å². The van der Waals surface area contributed by atoms with Crippen molar-refractivity contribution in [1.29, 1.82) is 0 Å². The first kappa shape index (κ1) is 16.0. The van der Waals surface area contributed by atoms with E-state index in [9.17, 15) is 4.79 Å². The number of benzene rings is 1. The summed E-state index contributed by atoms with van der Waals surface area (Å²) in [5, 5.41) is 0. The molecule has 3 nitrogen and oxygen atoms in total. The second-order valence-corrected chi connectivity index (χ2v) is 4.81. The van der Waals surface area contributed by atoms with Crippen LogP contribution in [0.2, 0.25) is 0 Å². The summed E-state index contributed by atoms with van der Waals surface area (Å²) >= 11 is 0. The highest BCUT2D eigenvalue weighted by Crippen LogP contribution is 2.15. The Morgan fingerprint density at radius 1 is 1.26 bits per heavy atom. The van der Waals surface area contributed by atoms with Crippen molar-refractivity contribution in [2.24, 2.45) is 0 Å². The van der Waals surface area contributed by atoms with Gasteiger partial charge in [0.15, 0.2) is 5.78 Å². The smallest absolute Gasteiger partial charge is 0.164 e. The minimum atomic E-state index is 0. The van der Waals surface area contributed by atoms with Crippen LogP contribution in [0.4, 0.5) is 0 Å². The zero-order chi connectivity index (χ0) is 12.8. The summed E-state index contributed by atoms with van der Waals surface area (Å²) in [5.74, 6) is 0.957. The molecule has 0 amide bonds. The molecule has 0 atom stereocenters. The summed E-state index contributed by atoms with van der Waals surface area (Å²) < 4.78 is 5.14. The third-order valence-electron chi connectivity index (χ3n) is 3.50. The zero-order valence-corrected chi connectivity index (χ0v) is 12.2. The van der Waals surface area contributed by atoms with Crippen LogP contribution in [0.1, 0.15) is 36.0 Å². The van der Waals surface area contributed by atoms with E-state index in [4.69, 9.17) is 4.74 Å². The van der Waals surface area contributed by atoms with Crippen LogP contribution in [0.5, 0.6) is 5.75 Å². The number of halogens is 1. The summed E-state index contributed by atoms with van der Waals surface area (Å²) in [6.45, 7) is 3.17. The molecule has 0 bridgehead atoms. The molecule has 1 heterocycles. The molecule has 0 spiro atoms. The van der Waals surface area contributed by atoms with Crippen LogP contribution in [0.3, 0.4) is 0 Å². The third kappa shape index (κ3) is 4.84. The van der Waals surface area contributed by atoms with Gasteiger partial charge in [-0.15, -0.1) is 12.4 Å². The van der Waals surface area contributed by atoms with E-state index in [0.717, 1.165) is 30.9 Å². The van der Waals surface area contributed by atoms with Crippen molar-refractivity contribution in [3.05, 3.63) is 29.8 Å². The first-order valence-corrected chi connectivity index (χ1v) is 6.69. The van der Waals surface area contributed by atoms with Crippen molar-refractivity contribution < 1.29 is 9.53 Å². The van der Waals surface area contributed by atoms with Crippen LogP contribution in [0.25, 0.3) is 0 Å². The van der Waals surface area contributed by atoms with Crippen molar-refractivity contribution in [2.75, 3.05) is 26.7 Å². The fourth-order valence-corrected chi connectivity index (χ4v) is 2.38. The van der Waals surface area contributed by atoms with E-state index in [1.54, 1.807) is 7.11 Å².